The van der Waals surface area contributed by atoms with Crippen LogP contribution in [0.2, 0.25) is 0 Å². The van der Waals surface area contributed by atoms with E-state index in [9.17, 15) is 0 Å². The Bertz CT molecular complexity index is 155. The van der Waals surface area contributed by atoms with Gasteiger partial charge in [0, 0.05) is 6.54 Å². The molecule has 0 aliphatic carbocycles. The summed E-state index contributed by atoms with van der Waals surface area (Å²) in [5.74, 6) is 0.710. The molecule has 0 saturated carbocycles. The van der Waals surface area contributed by atoms with Crippen LogP contribution in [0.25, 0.3) is 0 Å². The predicted molar refractivity (Wildman–Crippen MR) is 67.2 cm³/mol. The molecule has 1 unspecified atom stereocenters. The van der Waals surface area contributed by atoms with Gasteiger partial charge in [-0.25, -0.2) is 0 Å². The molecule has 0 aromatic heterocycles. The zero-order valence-electron chi connectivity index (χ0n) is 11.4. The van der Waals surface area contributed by atoms with Crippen LogP contribution in [-0.2, 0) is 4.74 Å². The second-order valence-corrected chi connectivity index (χ2v) is 5.31. The highest BCUT2D eigenvalue weighted by atomic mass is 16.5. The third kappa shape index (κ3) is 7.80. The summed E-state index contributed by atoms with van der Waals surface area (Å²) in [5.41, 5.74) is 0.0141. The second kappa shape index (κ2) is 7.24. The van der Waals surface area contributed by atoms with E-state index in [1.54, 1.807) is 0 Å². The standard InChI is InChI=1S/C13H29NO/c1-7-12(10-14-9-11(3)4)15-13(5,6)8-2/h11-12,14H,7-10H2,1-6H3. The number of rotatable bonds is 8. The predicted octanol–water partition coefficient (Wildman–Crippen LogP) is 3.22. The average molecular weight is 215 g/mol. The first-order chi connectivity index (χ1) is 6.91. The molecule has 0 amide bonds. The fraction of sp³-hybridized carbons (Fsp3) is 1.00. The van der Waals surface area contributed by atoms with Crippen LogP contribution in [0.4, 0.5) is 0 Å². The quantitative estimate of drug-likeness (QED) is 0.671. The summed E-state index contributed by atoms with van der Waals surface area (Å²) in [4.78, 5) is 0. The monoisotopic (exact) mass is 215 g/mol. The van der Waals surface area contributed by atoms with Gasteiger partial charge >= 0.3 is 0 Å². The Kier molecular flexibility index (Phi) is 7.20. The number of nitrogens with one attached hydrogen (secondary N) is 1. The van der Waals surface area contributed by atoms with Crippen molar-refractivity contribution in [3.05, 3.63) is 0 Å². The van der Waals surface area contributed by atoms with Crippen molar-refractivity contribution in [2.75, 3.05) is 13.1 Å². The molecule has 0 aromatic rings. The minimum atomic E-state index is 0.0141. The van der Waals surface area contributed by atoms with Crippen molar-refractivity contribution in [2.45, 2.75) is 66.1 Å². The molecule has 0 saturated heterocycles. The fourth-order valence-corrected chi connectivity index (χ4v) is 1.34. The lowest BCUT2D eigenvalue weighted by atomic mass is 10.1. The van der Waals surface area contributed by atoms with Crippen LogP contribution in [0.3, 0.4) is 0 Å². The highest BCUT2D eigenvalue weighted by Gasteiger charge is 2.20. The highest BCUT2D eigenvalue weighted by molar-refractivity contribution is 4.71. The van der Waals surface area contributed by atoms with Gasteiger partial charge in [0.25, 0.3) is 0 Å². The van der Waals surface area contributed by atoms with Gasteiger partial charge in [-0.15, -0.1) is 0 Å². The molecule has 0 rings (SSSR count). The first kappa shape index (κ1) is 14.9. The van der Waals surface area contributed by atoms with E-state index in [0.717, 1.165) is 25.9 Å². The van der Waals surface area contributed by atoms with E-state index in [-0.39, 0.29) is 5.60 Å². The smallest absolute Gasteiger partial charge is 0.0704 e. The van der Waals surface area contributed by atoms with E-state index in [0.29, 0.717) is 12.0 Å². The van der Waals surface area contributed by atoms with Crippen LogP contribution in [0.5, 0.6) is 0 Å². The fourth-order valence-electron chi connectivity index (χ4n) is 1.34. The lowest BCUT2D eigenvalue weighted by molar-refractivity contribution is -0.0733. The number of ether oxygens (including phenoxy) is 1. The van der Waals surface area contributed by atoms with Gasteiger partial charge < -0.3 is 10.1 Å². The Morgan fingerprint density at radius 2 is 1.73 bits per heavy atom. The van der Waals surface area contributed by atoms with E-state index in [4.69, 9.17) is 4.74 Å². The maximum atomic E-state index is 6.06. The molecule has 0 spiro atoms. The molecule has 0 aliphatic rings. The summed E-state index contributed by atoms with van der Waals surface area (Å²) in [5, 5.41) is 3.46. The number of hydrogen-bond donors (Lipinski definition) is 1. The van der Waals surface area contributed by atoms with Gasteiger partial charge in [0.05, 0.1) is 11.7 Å². The van der Waals surface area contributed by atoms with Gasteiger partial charge in [-0.1, -0.05) is 27.7 Å². The molecule has 0 aromatic carbocycles. The van der Waals surface area contributed by atoms with Crippen molar-refractivity contribution in [2.24, 2.45) is 5.92 Å². The van der Waals surface area contributed by atoms with E-state index in [2.05, 4.69) is 46.9 Å². The molecular weight excluding hydrogens is 186 g/mol. The summed E-state index contributed by atoms with van der Waals surface area (Å²) < 4.78 is 6.06. The summed E-state index contributed by atoms with van der Waals surface area (Å²) in [6, 6.07) is 0. The van der Waals surface area contributed by atoms with Crippen molar-refractivity contribution >= 4 is 0 Å². The minimum absolute atomic E-state index is 0.0141. The third-order valence-corrected chi connectivity index (χ3v) is 2.72. The largest absolute Gasteiger partial charge is 0.371 e. The van der Waals surface area contributed by atoms with Crippen LogP contribution in [0, 0.1) is 5.92 Å². The Labute approximate surface area is 95.8 Å². The maximum Gasteiger partial charge on any atom is 0.0704 e. The third-order valence-electron chi connectivity index (χ3n) is 2.72. The molecule has 0 aliphatic heterocycles. The average Bonchev–Trinajstić information content (AvgIpc) is 2.15. The molecule has 0 fully saturated rings. The van der Waals surface area contributed by atoms with Crippen LogP contribution in [0.1, 0.15) is 54.4 Å². The Morgan fingerprint density at radius 1 is 1.13 bits per heavy atom. The van der Waals surface area contributed by atoms with E-state index in [1.807, 2.05) is 0 Å². The SMILES string of the molecule is CCC(CNCC(C)C)OC(C)(C)CC. The van der Waals surface area contributed by atoms with Crippen LogP contribution >= 0.6 is 0 Å². The highest BCUT2D eigenvalue weighted by Crippen LogP contribution is 2.17. The van der Waals surface area contributed by atoms with Gasteiger partial charge in [-0.2, -0.15) is 0 Å². The minimum Gasteiger partial charge on any atom is -0.371 e. The van der Waals surface area contributed by atoms with E-state index < -0.39 is 0 Å². The zero-order chi connectivity index (χ0) is 11.9. The Balaban J connectivity index is 3.82. The van der Waals surface area contributed by atoms with Gasteiger partial charge in [0.1, 0.15) is 0 Å². The topological polar surface area (TPSA) is 21.3 Å². The van der Waals surface area contributed by atoms with E-state index in [1.165, 1.54) is 0 Å². The molecular formula is C13H29NO. The molecule has 92 valence electrons. The van der Waals surface area contributed by atoms with Crippen molar-refractivity contribution in [3.63, 3.8) is 0 Å². The lowest BCUT2D eigenvalue weighted by Gasteiger charge is -2.30. The molecule has 2 nitrogen and oxygen atoms in total. The van der Waals surface area contributed by atoms with Crippen LogP contribution < -0.4 is 5.32 Å². The normalized spacial score (nSPS) is 14.6. The first-order valence-electron chi connectivity index (χ1n) is 6.29. The second-order valence-electron chi connectivity index (χ2n) is 5.31. The molecule has 0 radical (unpaired) electrons. The molecule has 0 heterocycles. The van der Waals surface area contributed by atoms with Crippen LogP contribution in [0.15, 0.2) is 0 Å². The summed E-state index contributed by atoms with van der Waals surface area (Å²) in [7, 11) is 0. The molecule has 1 atom stereocenters. The maximum absolute atomic E-state index is 6.06. The van der Waals surface area contributed by atoms with Crippen molar-refractivity contribution in [1.82, 2.24) is 5.32 Å². The molecule has 1 N–H and O–H groups in total. The van der Waals surface area contributed by atoms with Gasteiger partial charge in [-0.3, -0.25) is 0 Å². The number of hydrogen-bond acceptors (Lipinski definition) is 2. The Hall–Kier alpha value is -0.0800. The zero-order valence-corrected chi connectivity index (χ0v) is 11.4. The summed E-state index contributed by atoms with van der Waals surface area (Å²) in [6.07, 6.45) is 2.49. The summed E-state index contributed by atoms with van der Waals surface area (Å²) in [6.45, 7) is 15.2. The molecule has 15 heavy (non-hydrogen) atoms. The van der Waals surface area contributed by atoms with Crippen LogP contribution in [-0.4, -0.2) is 24.8 Å². The van der Waals surface area contributed by atoms with Crippen molar-refractivity contribution in [1.29, 1.82) is 0 Å². The molecule has 2 heteroatoms. The van der Waals surface area contributed by atoms with Crippen molar-refractivity contribution in [3.8, 4) is 0 Å². The van der Waals surface area contributed by atoms with Gasteiger partial charge in [0.2, 0.25) is 0 Å². The molecule has 0 bridgehead atoms. The Morgan fingerprint density at radius 3 is 2.13 bits per heavy atom. The van der Waals surface area contributed by atoms with Gasteiger partial charge in [0.15, 0.2) is 0 Å². The first-order valence-corrected chi connectivity index (χ1v) is 6.29. The lowest BCUT2D eigenvalue weighted by Crippen LogP contribution is -2.37. The summed E-state index contributed by atoms with van der Waals surface area (Å²) >= 11 is 0. The van der Waals surface area contributed by atoms with Gasteiger partial charge in [-0.05, 0) is 39.2 Å². The van der Waals surface area contributed by atoms with Crippen molar-refractivity contribution < 1.29 is 4.74 Å². The van der Waals surface area contributed by atoms with E-state index >= 15 is 0 Å².